The summed E-state index contributed by atoms with van der Waals surface area (Å²) in [5.41, 5.74) is 0.911. The standard InChI is InChI=1S/C15H23NO4/c1-6-13(15(17)18)16(3)10(2)12-9-11(19-4)7-8-14(12)20-5/h7-10,13H,6H2,1-5H3,(H,17,18). The van der Waals surface area contributed by atoms with E-state index in [1.807, 2.05) is 44.0 Å². The molecule has 0 spiro atoms. The number of benzene rings is 1. The fraction of sp³-hybridized carbons (Fsp3) is 0.533. The summed E-state index contributed by atoms with van der Waals surface area (Å²) in [6.45, 7) is 3.83. The highest BCUT2D eigenvalue weighted by Crippen LogP contribution is 2.33. The number of carboxylic acids is 1. The second kappa shape index (κ2) is 7.14. The van der Waals surface area contributed by atoms with Crippen LogP contribution in [0.2, 0.25) is 0 Å². The molecule has 1 rings (SSSR count). The first-order valence-corrected chi connectivity index (χ1v) is 6.62. The number of carbonyl (C=O) groups is 1. The van der Waals surface area contributed by atoms with E-state index in [4.69, 9.17) is 9.47 Å². The molecule has 0 aliphatic carbocycles. The molecule has 2 unspecified atom stereocenters. The highest BCUT2D eigenvalue weighted by Gasteiger charge is 2.27. The molecule has 1 N–H and O–H groups in total. The van der Waals surface area contributed by atoms with Gasteiger partial charge >= 0.3 is 5.97 Å². The maximum Gasteiger partial charge on any atom is 0.320 e. The van der Waals surface area contributed by atoms with Crippen LogP contribution in [0.15, 0.2) is 18.2 Å². The van der Waals surface area contributed by atoms with E-state index in [0.717, 1.165) is 17.1 Å². The fourth-order valence-electron chi connectivity index (χ4n) is 2.29. The maximum absolute atomic E-state index is 11.3. The summed E-state index contributed by atoms with van der Waals surface area (Å²) in [6, 6.07) is 4.92. The van der Waals surface area contributed by atoms with Gasteiger partial charge in [0.15, 0.2) is 0 Å². The van der Waals surface area contributed by atoms with Crippen molar-refractivity contribution in [3.05, 3.63) is 23.8 Å². The number of nitrogens with zero attached hydrogens (tertiary/aromatic N) is 1. The van der Waals surface area contributed by atoms with Gasteiger partial charge in [-0.25, -0.2) is 0 Å². The molecule has 0 aliphatic rings. The second-order valence-corrected chi connectivity index (χ2v) is 4.71. The van der Waals surface area contributed by atoms with E-state index in [-0.39, 0.29) is 6.04 Å². The van der Waals surface area contributed by atoms with E-state index < -0.39 is 12.0 Å². The van der Waals surface area contributed by atoms with Crippen molar-refractivity contribution in [2.24, 2.45) is 0 Å². The van der Waals surface area contributed by atoms with Gasteiger partial charge in [0.2, 0.25) is 0 Å². The van der Waals surface area contributed by atoms with Crippen molar-refractivity contribution in [1.29, 1.82) is 0 Å². The van der Waals surface area contributed by atoms with E-state index >= 15 is 0 Å². The van der Waals surface area contributed by atoms with Gasteiger partial charge in [0, 0.05) is 11.6 Å². The van der Waals surface area contributed by atoms with Gasteiger partial charge < -0.3 is 14.6 Å². The van der Waals surface area contributed by atoms with Crippen LogP contribution in [0.4, 0.5) is 0 Å². The normalized spacial score (nSPS) is 13.9. The molecular formula is C15H23NO4. The molecule has 0 radical (unpaired) electrons. The Labute approximate surface area is 120 Å². The minimum Gasteiger partial charge on any atom is -0.497 e. The Morgan fingerprint density at radius 3 is 2.45 bits per heavy atom. The molecule has 5 nitrogen and oxygen atoms in total. The Balaban J connectivity index is 3.11. The van der Waals surface area contributed by atoms with Gasteiger partial charge in [0.05, 0.1) is 14.2 Å². The Morgan fingerprint density at radius 2 is 2.00 bits per heavy atom. The van der Waals surface area contributed by atoms with Crippen LogP contribution >= 0.6 is 0 Å². The van der Waals surface area contributed by atoms with E-state index in [1.165, 1.54) is 0 Å². The van der Waals surface area contributed by atoms with Gasteiger partial charge in [-0.15, -0.1) is 0 Å². The number of carboxylic acid groups (broad SMARTS) is 1. The summed E-state index contributed by atoms with van der Waals surface area (Å²) in [7, 11) is 5.02. The number of aliphatic carboxylic acids is 1. The van der Waals surface area contributed by atoms with Crippen LogP contribution < -0.4 is 9.47 Å². The lowest BCUT2D eigenvalue weighted by Gasteiger charge is -2.31. The van der Waals surface area contributed by atoms with Crippen LogP contribution in [0.1, 0.15) is 31.9 Å². The number of hydrogen-bond acceptors (Lipinski definition) is 4. The van der Waals surface area contributed by atoms with Crippen molar-refractivity contribution in [2.75, 3.05) is 21.3 Å². The fourth-order valence-corrected chi connectivity index (χ4v) is 2.29. The Bertz CT molecular complexity index is 461. The largest absolute Gasteiger partial charge is 0.497 e. The van der Waals surface area contributed by atoms with E-state index in [1.54, 1.807) is 14.2 Å². The average Bonchev–Trinajstić information content (AvgIpc) is 2.45. The first kappa shape index (κ1) is 16.3. The van der Waals surface area contributed by atoms with E-state index in [9.17, 15) is 9.90 Å². The van der Waals surface area contributed by atoms with Gasteiger partial charge in [-0.3, -0.25) is 9.69 Å². The summed E-state index contributed by atoms with van der Waals surface area (Å²) in [6.07, 6.45) is 0.544. The van der Waals surface area contributed by atoms with Gasteiger partial charge in [-0.05, 0) is 38.6 Å². The summed E-state index contributed by atoms with van der Waals surface area (Å²) in [5.74, 6) is 0.638. The Hall–Kier alpha value is -1.75. The van der Waals surface area contributed by atoms with Gasteiger partial charge in [0.25, 0.3) is 0 Å². The Kier molecular flexibility index (Phi) is 5.82. The predicted molar refractivity (Wildman–Crippen MR) is 77.4 cm³/mol. The zero-order valence-corrected chi connectivity index (χ0v) is 12.7. The van der Waals surface area contributed by atoms with E-state index in [0.29, 0.717) is 6.42 Å². The zero-order valence-electron chi connectivity index (χ0n) is 12.7. The van der Waals surface area contributed by atoms with Crippen LogP contribution in [0, 0.1) is 0 Å². The lowest BCUT2D eigenvalue weighted by molar-refractivity contribution is -0.143. The summed E-state index contributed by atoms with van der Waals surface area (Å²) >= 11 is 0. The lowest BCUT2D eigenvalue weighted by Crippen LogP contribution is -2.39. The molecule has 1 aromatic carbocycles. The first-order valence-electron chi connectivity index (χ1n) is 6.62. The molecule has 5 heteroatoms. The van der Waals surface area contributed by atoms with Gasteiger partial charge in [-0.1, -0.05) is 6.92 Å². The minimum atomic E-state index is -0.816. The lowest BCUT2D eigenvalue weighted by atomic mass is 10.0. The number of ether oxygens (including phenoxy) is 2. The Morgan fingerprint density at radius 1 is 1.35 bits per heavy atom. The third-order valence-electron chi connectivity index (χ3n) is 3.66. The second-order valence-electron chi connectivity index (χ2n) is 4.71. The smallest absolute Gasteiger partial charge is 0.320 e. The highest BCUT2D eigenvalue weighted by molar-refractivity contribution is 5.73. The van der Waals surface area contributed by atoms with Crippen molar-refractivity contribution in [3.63, 3.8) is 0 Å². The number of likely N-dealkylation sites (N-methyl/N-ethyl adjacent to an activating group) is 1. The molecule has 0 amide bonds. The molecule has 0 saturated heterocycles. The summed E-state index contributed by atoms with van der Waals surface area (Å²) in [4.78, 5) is 13.1. The van der Waals surface area contributed by atoms with E-state index in [2.05, 4.69) is 0 Å². The SMILES string of the molecule is CCC(C(=O)O)N(C)C(C)c1cc(OC)ccc1OC. The summed E-state index contributed by atoms with van der Waals surface area (Å²) < 4.78 is 10.6. The average molecular weight is 281 g/mol. The third kappa shape index (κ3) is 3.42. The molecule has 0 bridgehead atoms. The van der Waals surface area contributed by atoms with Gasteiger partial charge in [-0.2, -0.15) is 0 Å². The summed E-state index contributed by atoms with van der Waals surface area (Å²) in [5, 5.41) is 9.27. The van der Waals surface area contributed by atoms with Crippen LogP contribution in [-0.2, 0) is 4.79 Å². The molecule has 0 fully saturated rings. The molecule has 112 valence electrons. The maximum atomic E-state index is 11.3. The quantitative estimate of drug-likeness (QED) is 0.832. The van der Waals surface area contributed by atoms with Crippen LogP contribution in [0.25, 0.3) is 0 Å². The molecule has 0 aromatic heterocycles. The zero-order chi connectivity index (χ0) is 15.3. The van der Waals surface area contributed by atoms with Gasteiger partial charge in [0.1, 0.15) is 17.5 Å². The number of methoxy groups -OCH3 is 2. The monoisotopic (exact) mass is 281 g/mol. The molecule has 0 heterocycles. The van der Waals surface area contributed by atoms with Crippen molar-refractivity contribution >= 4 is 5.97 Å². The van der Waals surface area contributed by atoms with Crippen LogP contribution in [-0.4, -0.2) is 43.3 Å². The van der Waals surface area contributed by atoms with Crippen LogP contribution in [0.3, 0.4) is 0 Å². The van der Waals surface area contributed by atoms with Crippen molar-refractivity contribution in [2.45, 2.75) is 32.4 Å². The van der Waals surface area contributed by atoms with Crippen molar-refractivity contribution in [3.8, 4) is 11.5 Å². The first-order chi connectivity index (χ1) is 9.46. The van der Waals surface area contributed by atoms with Crippen molar-refractivity contribution in [1.82, 2.24) is 4.90 Å². The number of hydrogen-bond donors (Lipinski definition) is 1. The molecule has 2 atom stereocenters. The topological polar surface area (TPSA) is 59.0 Å². The highest BCUT2D eigenvalue weighted by atomic mass is 16.5. The molecule has 0 aliphatic heterocycles. The molecule has 20 heavy (non-hydrogen) atoms. The third-order valence-corrected chi connectivity index (χ3v) is 3.66. The number of rotatable bonds is 7. The van der Waals surface area contributed by atoms with Crippen LogP contribution in [0.5, 0.6) is 11.5 Å². The van der Waals surface area contributed by atoms with Crippen molar-refractivity contribution < 1.29 is 19.4 Å². The molecular weight excluding hydrogens is 258 g/mol. The minimum absolute atomic E-state index is 0.0962. The molecule has 1 aromatic rings. The molecule has 0 saturated carbocycles. The predicted octanol–water partition coefficient (Wildman–Crippen LogP) is 2.56.